The zero-order valence-electron chi connectivity index (χ0n) is 20.1. The van der Waals surface area contributed by atoms with Crippen LogP contribution in [0.5, 0.6) is 0 Å². The Labute approximate surface area is 195 Å². The number of nitrogens with one attached hydrogen (secondary N) is 2. The van der Waals surface area contributed by atoms with E-state index in [9.17, 15) is 4.79 Å². The topological polar surface area (TPSA) is 81.1 Å². The van der Waals surface area contributed by atoms with E-state index in [0.717, 1.165) is 61.3 Å². The third-order valence-electron chi connectivity index (χ3n) is 6.50. The maximum Gasteiger partial charge on any atom is 0.255 e. The number of anilines is 1. The number of nitrogens with zero attached hydrogens (tertiary/aromatic N) is 3. The van der Waals surface area contributed by atoms with Gasteiger partial charge in [-0.3, -0.25) is 4.79 Å². The molecule has 1 aliphatic heterocycles. The highest BCUT2D eigenvalue weighted by Gasteiger charge is 2.23. The van der Waals surface area contributed by atoms with Crippen LogP contribution >= 0.6 is 0 Å². The first-order valence-electron chi connectivity index (χ1n) is 12.1. The molecule has 7 heteroatoms. The number of benzene rings is 1. The summed E-state index contributed by atoms with van der Waals surface area (Å²) >= 11 is 0. The number of carbonyl (C=O) groups is 1. The van der Waals surface area contributed by atoms with Gasteiger partial charge in [0.05, 0.1) is 28.9 Å². The van der Waals surface area contributed by atoms with Crippen molar-refractivity contribution in [3.8, 4) is 0 Å². The monoisotopic (exact) mass is 449 g/mol. The first kappa shape index (κ1) is 23.2. The zero-order chi connectivity index (χ0) is 23.4. The summed E-state index contributed by atoms with van der Waals surface area (Å²) in [7, 11) is 0. The average Bonchev–Trinajstić information content (AvgIpc) is 3.27. The molecule has 2 N–H and O–H groups in total. The van der Waals surface area contributed by atoms with E-state index in [4.69, 9.17) is 4.74 Å². The maximum absolute atomic E-state index is 13.5. The summed E-state index contributed by atoms with van der Waals surface area (Å²) in [5.41, 5.74) is 4.57. The number of hydrogen-bond acceptors (Lipinski definition) is 5. The molecule has 1 fully saturated rings. The summed E-state index contributed by atoms with van der Waals surface area (Å²) < 4.78 is 7.37. The fourth-order valence-corrected chi connectivity index (χ4v) is 4.40. The molecular formula is C26H35N5O2. The van der Waals surface area contributed by atoms with E-state index in [2.05, 4.69) is 65.8 Å². The second-order valence-electron chi connectivity index (χ2n) is 9.03. The molecule has 1 saturated heterocycles. The van der Waals surface area contributed by atoms with E-state index in [-0.39, 0.29) is 18.0 Å². The highest BCUT2D eigenvalue weighted by molar-refractivity contribution is 6.06. The Bertz CT molecular complexity index is 1080. The predicted octanol–water partition coefficient (Wildman–Crippen LogP) is 5.05. The Kier molecular flexibility index (Phi) is 7.28. The third kappa shape index (κ3) is 5.03. The van der Waals surface area contributed by atoms with E-state index in [1.165, 1.54) is 5.56 Å². The van der Waals surface area contributed by atoms with Crippen LogP contribution in [0.3, 0.4) is 0 Å². The van der Waals surface area contributed by atoms with Gasteiger partial charge in [-0.2, -0.15) is 5.10 Å². The minimum Gasteiger partial charge on any atom is -0.381 e. The average molecular weight is 450 g/mol. The number of pyridine rings is 1. The van der Waals surface area contributed by atoms with Crippen LogP contribution in [0.15, 0.2) is 36.7 Å². The van der Waals surface area contributed by atoms with Crippen LogP contribution in [0.1, 0.15) is 80.4 Å². The summed E-state index contributed by atoms with van der Waals surface area (Å²) in [6, 6.07) is 8.74. The van der Waals surface area contributed by atoms with E-state index in [1.807, 2.05) is 17.8 Å². The van der Waals surface area contributed by atoms with E-state index >= 15 is 0 Å². The Morgan fingerprint density at radius 3 is 2.45 bits per heavy atom. The van der Waals surface area contributed by atoms with E-state index < -0.39 is 0 Å². The molecule has 176 valence electrons. The molecule has 0 aliphatic carbocycles. The number of ether oxygens (including phenoxy) is 1. The summed E-state index contributed by atoms with van der Waals surface area (Å²) in [6.07, 6.45) is 6.12. The number of fused-ring (bicyclic) bond motifs is 1. The van der Waals surface area contributed by atoms with Crippen molar-refractivity contribution in [2.45, 2.75) is 71.5 Å². The Morgan fingerprint density at radius 2 is 1.82 bits per heavy atom. The van der Waals surface area contributed by atoms with Crippen LogP contribution < -0.4 is 10.6 Å². The van der Waals surface area contributed by atoms with Gasteiger partial charge in [0.25, 0.3) is 5.91 Å². The summed E-state index contributed by atoms with van der Waals surface area (Å²) in [4.78, 5) is 18.1. The number of aromatic nitrogens is 3. The zero-order valence-corrected chi connectivity index (χ0v) is 20.1. The quantitative estimate of drug-likeness (QED) is 0.503. The lowest BCUT2D eigenvalue weighted by Crippen LogP contribution is -2.32. The standard InChI is InChI=1S/C26H35N5O2/c1-5-23(19-9-7-18(8-10-19)17(3)4)30-26(32)22-15-27-25-21(16-28-31(25)6-2)24(22)29-20-11-13-33-14-12-20/h7-10,15-17,20,23H,5-6,11-14H2,1-4H3,(H,27,29)(H,30,32)/t23-/m1/s1. The maximum atomic E-state index is 13.5. The molecule has 2 aromatic heterocycles. The van der Waals surface area contributed by atoms with Crippen LogP contribution in [-0.4, -0.2) is 39.9 Å². The molecule has 0 unspecified atom stereocenters. The normalized spacial score (nSPS) is 15.7. The van der Waals surface area contributed by atoms with Gasteiger partial charge in [-0.1, -0.05) is 45.0 Å². The number of amides is 1. The number of carbonyl (C=O) groups excluding carboxylic acids is 1. The molecule has 1 amide bonds. The van der Waals surface area contributed by atoms with Gasteiger partial charge >= 0.3 is 0 Å². The highest BCUT2D eigenvalue weighted by atomic mass is 16.5. The molecule has 1 atom stereocenters. The minimum absolute atomic E-state index is 0.0660. The molecule has 0 bridgehead atoms. The van der Waals surface area contributed by atoms with Crippen molar-refractivity contribution in [1.29, 1.82) is 0 Å². The van der Waals surface area contributed by atoms with Gasteiger partial charge in [0.1, 0.15) is 0 Å². The first-order chi connectivity index (χ1) is 16.0. The van der Waals surface area contributed by atoms with Gasteiger partial charge in [0, 0.05) is 32.0 Å². The summed E-state index contributed by atoms with van der Waals surface area (Å²) in [6.45, 7) is 10.7. The van der Waals surface area contributed by atoms with E-state index in [1.54, 1.807) is 6.20 Å². The van der Waals surface area contributed by atoms with Gasteiger partial charge < -0.3 is 15.4 Å². The lowest BCUT2D eigenvalue weighted by molar-refractivity contribution is 0.0903. The number of hydrogen-bond donors (Lipinski definition) is 2. The Morgan fingerprint density at radius 1 is 1.12 bits per heavy atom. The molecule has 33 heavy (non-hydrogen) atoms. The van der Waals surface area contributed by atoms with E-state index in [0.29, 0.717) is 11.5 Å². The fraction of sp³-hybridized carbons (Fsp3) is 0.500. The second kappa shape index (κ2) is 10.3. The van der Waals surface area contributed by atoms with Crippen molar-refractivity contribution >= 4 is 22.6 Å². The van der Waals surface area contributed by atoms with Gasteiger partial charge in [0.15, 0.2) is 5.65 Å². The van der Waals surface area contributed by atoms with Crippen molar-refractivity contribution in [1.82, 2.24) is 20.1 Å². The molecule has 4 rings (SSSR count). The summed E-state index contributed by atoms with van der Waals surface area (Å²) in [5, 5.41) is 12.2. The first-order valence-corrected chi connectivity index (χ1v) is 12.1. The molecule has 0 saturated carbocycles. The second-order valence-corrected chi connectivity index (χ2v) is 9.03. The lowest BCUT2D eigenvalue weighted by Gasteiger charge is -2.26. The SMILES string of the molecule is CC[C@@H](NC(=O)c1cnc2c(cnn2CC)c1NC1CCOCC1)c1ccc(C(C)C)cc1. The molecule has 3 aromatic rings. The molecular weight excluding hydrogens is 414 g/mol. The van der Waals surface area contributed by atoms with Crippen molar-refractivity contribution in [3.05, 3.63) is 53.3 Å². The van der Waals surface area contributed by atoms with Gasteiger partial charge in [0.2, 0.25) is 0 Å². The van der Waals surface area contributed by atoms with Gasteiger partial charge in [-0.15, -0.1) is 0 Å². The minimum atomic E-state index is -0.122. The molecule has 7 nitrogen and oxygen atoms in total. The van der Waals surface area contributed by atoms with Crippen LogP contribution in [0, 0.1) is 0 Å². The van der Waals surface area contributed by atoms with Crippen LogP contribution in [0.2, 0.25) is 0 Å². The van der Waals surface area contributed by atoms with Gasteiger partial charge in [-0.05, 0) is 43.2 Å². The largest absolute Gasteiger partial charge is 0.381 e. The molecule has 1 aromatic carbocycles. The lowest BCUT2D eigenvalue weighted by atomic mass is 9.98. The predicted molar refractivity (Wildman–Crippen MR) is 132 cm³/mol. The van der Waals surface area contributed by atoms with Crippen molar-refractivity contribution < 1.29 is 9.53 Å². The molecule has 1 aliphatic rings. The third-order valence-corrected chi connectivity index (χ3v) is 6.50. The molecule has 0 radical (unpaired) electrons. The van der Waals surface area contributed by atoms with Crippen LogP contribution in [0.25, 0.3) is 11.0 Å². The van der Waals surface area contributed by atoms with Crippen LogP contribution in [0.4, 0.5) is 5.69 Å². The molecule has 3 heterocycles. The fourth-order valence-electron chi connectivity index (χ4n) is 4.40. The smallest absolute Gasteiger partial charge is 0.255 e. The molecule has 0 spiro atoms. The number of rotatable bonds is 8. The van der Waals surface area contributed by atoms with Crippen molar-refractivity contribution in [2.75, 3.05) is 18.5 Å². The van der Waals surface area contributed by atoms with Gasteiger partial charge in [-0.25, -0.2) is 9.67 Å². The summed E-state index contributed by atoms with van der Waals surface area (Å²) in [5.74, 6) is 0.359. The van der Waals surface area contributed by atoms with Crippen molar-refractivity contribution in [2.24, 2.45) is 0 Å². The van der Waals surface area contributed by atoms with Crippen molar-refractivity contribution in [3.63, 3.8) is 0 Å². The Balaban J connectivity index is 1.63. The highest BCUT2D eigenvalue weighted by Crippen LogP contribution is 2.29. The Hall–Kier alpha value is -2.93. The van der Waals surface area contributed by atoms with Crippen LogP contribution in [-0.2, 0) is 11.3 Å². The number of aryl methyl sites for hydroxylation is 1.